The van der Waals surface area contributed by atoms with E-state index in [1.807, 2.05) is 6.92 Å². The fourth-order valence-electron chi connectivity index (χ4n) is 3.31. The summed E-state index contributed by atoms with van der Waals surface area (Å²) in [5, 5.41) is 0.660. The van der Waals surface area contributed by atoms with Crippen LogP contribution in [0.5, 0.6) is 0 Å². The second kappa shape index (κ2) is 5.63. The molecule has 1 saturated heterocycles. The molecule has 1 aromatic carbocycles. The molecule has 0 radical (unpaired) electrons. The Hall–Kier alpha value is -1.89. The van der Waals surface area contributed by atoms with Crippen LogP contribution in [0.1, 0.15) is 29.4 Å². The summed E-state index contributed by atoms with van der Waals surface area (Å²) >= 11 is 0. The smallest absolute Gasteiger partial charge is 0.256 e. The summed E-state index contributed by atoms with van der Waals surface area (Å²) in [4.78, 5) is 17.6. The molecule has 0 bridgehead atoms. The molecule has 1 aliphatic rings. The molecule has 1 N–H and O–H groups in total. The molecule has 23 heavy (non-hydrogen) atoms. The van der Waals surface area contributed by atoms with Gasteiger partial charge in [0.1, 0.15) is 5.82 Å². The van der Waals surface area contributed by atoms with Crippen LogP contribution < -0.4 is 0 Å². The van der Waals surface area contributed by atoms with Crippen molar-refractivity contribution in [3.8, 4) is 0 Å². The van der Waals surface area contributed by atoms with Gasteiger partial charge in [0.25, 0.3) is 5.91 Å². The van der Waals surface area contributed by atoms with Crippen molar-refractivity contribution < 1.29 is 17.6 Å². The zero-order valence-corrected chi connectivity index (χ0v) is 13.9. The molecule has 1 atom stereocenters. The molecule has 3 rings (SSSR count). The van der Waals surface area contributed by atoms with Crippen LogP contribution in [0.25, 0.3) is 10.9 Å². The summed E-state index contributed by atoms with van der Waals surface area (Å²) in [7, 11) is -3.06. The predicted molar refractivity (Wildman–Crippen MR) is 86.8 cm³/mol. The van der Waals surface area contributed by atoms with E-state index in [2.05, 4.69) is 4.98 Å². The average molecular weight is 338 g/mol. The molecule has 1 fully saturated rings. The van der Waals surface area contributed by atoms with Crippen LogP contribution in [0.3, 0.4) is 0 Å². The maximum atomic E-state index is 13.4. The van der Waals surface area contributed by atoms with E-state index in [0.29, 0.717) is 35.1 Å². The molecule has 124 valence electrons. The Morgan fingerprint density at radius 3 is 2.78 bits per heavy atom. The van der Waals surface area contributed by atoms with Crippen LogP contribution in [0.4, 0.5) is 4.39 Å². The molecule has 2 aromatic rings. The number of hydrogen-bond acceptors (Lipinski definition) is 3. The van der Waals surface area contributed by atoms with Crippen molar-refractivity contribution >= 4 is 26.6 Å². The number of sulfone groups is 1. The molecule has 1 aliphatic heterocycles. The standard InChI is InChI=1S/C16H19FN2O3S/c1-3-19(12-6-7-23(21,22)9-12)16(20)15-10(2)18-14-8-11(17)4-5-13(14)15/h4-5,8,12,18H,3,6-7,9H2,1-2H3. The molecule has 1 amide bonds. The third-order valence-corrected chi connectivity index (χ3v) is 6.16. The molecule has 0 saturated carbocycles. The van der Waals surface area contributed by atoms with Crippen molar-refractivity contribution in [2.45, 2.75) is 26.3 Å². The van der Waals surface area contributed by atoms with Gasteiger partial charge in [-0.05, 0) is 38.5 Å². The van der Waals surface area contributed by atoms with Crippen molar-refractivity contribution in [3.63, 3.8) is 0 Å². The van der Waals surface area contributed by atoms with Crippen LogP contribution in [0, 0.1) is 12.7 Å². The van der Waals surface area contributed by atoms with Gasteiger partial charge < -0.3 is 9.88 Å². The van der Waals surface area contributed by atoms with Crippen LogP contribution in [0.15, 0.2) is 18.2 Å². The highest BCUT2D eigenvalue weighted by atomic mass is 32.2. The number of amides is 1. The normalized spacial score (nSPS) is 20.0. The number of H-pyrrole nitrogens is 1. The van der Waals surface area contributed by atoms with Gasteiger partial charge in [-0.3, -0.25) is 4.79 Å². The number of aromatic amines is 1. The highest BCUT2D eigenvalue weighted by molar-refractivity contribution is 7.91. The van der Waals surface area contributed by atoms with Gasteiger partial charge in [-0.25, -0.2) is 12.8 Å². The molecule has 5 nitrogen and oxygen atoms in total. The van der Waals surface area contributed by atoms with Crippen molar-refractivity contribution in [1.82, 2.24) is 9.88 Å². The second-order valence-electron chi connectivity index (χ2n) is 5.96. The number of aryl methyl sites for hydroxylation is 1. The number of nitrogens with one attached hydrogen (secondary N) is 1. The average Bonchev–Trinajstić information content (AvgIpc) is 2.98. The number of halogens is 1. The molecule has 1 unspecified atom stereocenters. The largest absolute Gasteiger partial charge is 0.358 e. The molecule has 0 aliphatic carbocycles. The van der Waals surface area contributed by atoms with Gasteiger partial charge in [-0.1, -0.05) is 0 Å². The molecule has 0 spiro atoms. The van der Waals surface area contributed by atoms with E-state index in [1.165, 1.54) is 12.1 Å². The zero-order valence-electron chi connectivity index (χ0n) is 13.1. The highest BCUT2D eigenvalue weighted by Crippen LogP contribution is 2.27. The lowest BCUT2D eigenvalue weighted by molar-refractivity contribution is 0.0709. The molecule has 1 aromatic heterocycles. The SMILES string of the molecule is CCN(C(=O)c1c(C)[nH]c2cc(F)ccc12)C1CCS(=O)(=O)C1. The number of carbonyl (C=O) groups is 1. The second-order valence-corrected chi connectivity index (χ2v) is 8.19. The first-order chi connectivity index (χ1) is 10.8. The lowest BCUT2D eigenvalue weighted by Crippen LogP contribution is -2.41. The van der Waals surface area contributed by atoms with Crippen LogP contribution in [0.2, 0.25) is 0 Å². The summed E-state index contributed by atoms with van der Waals surface area (Å²) in [6.45, 7) is 4.05. The third kappa shape index (κ3) is 2.85. The minimum Gasteiger partial charge on any atom is -0.358 e. The van der Waals surface area contributed by atoms with Crippen LogP contribution in [-0.4, -0.2) is 48.3 Å². The Morgan fingerprint density at radius 2 is 2.17 bits per heavy atom. The van der Waals surface area contributed by atoms with E-state index >= 15 is 0 Å². The maximum absolute atomic E-state index is 13.4. The molecular weight excluding hydrogens is 319 g/mol. The summed E-state index contributed by atoms with van der Waals surface area (Å²) < 4.78 is 36.8. The number of carbonyl (C=O) groups excluding carboxylic acids is 1. The van der Waals surface area contributed by atoms with Crippen LogP contribution >= 0.6 is 0 Å². The van der Waals surface area contributed by atoms with E-state index in [1.54, 1.807) is 17.9 Å². The molecule has 2 heterocycles. The van der Waals surface area contributed by atoms with Gasteiger partial charge in [0, 0.05) is 29.2 Å². The Bertz CT molecular complexity index is 873. The summed E-state index contributed by atoms with van der Waals surface area (Å²) in [6, 6.07) is 3.97. The fraction of sp³-hybridized carbons (Fsp3) is 0.438. The van der Waals surface area contributed by atoms with Crippen LogP contribution in [-0.2, 0) is 9.84 Å². The fourth-order valence-corrected chi connectivity index (χ4v) is 5.04. The Morgan fingerprint density at radius 1 is 1.43 bits per heavy atom. The van der Waals surface area contributed by atoms with Crippen molar-refractivity contribution in [2.24, 2.45) is 0 Å². The third-order valence-electron chi connectivity index (χ3n) is 4.41. The summed E-state index contributed by atoms with van der Waals surface area (Å²) in [5.41, 5.74) is 1.72. The minimum atomic E-state index is -3.06. The minimum absolute atomic E-state index is 0.0165. The first-order valence-corrected chi connectivity index (χ1v) is 9.43. The van der Waals surface area contributed by atoms with Crippen molar-refractivity contribution in [3.05, 3.63) is 35.3 Å². The molecule has 7 heteroatoms. The number of fused-ring (bicyclic) bond motifs is 1. The van der Waals surface area contributed by atoms with Gasteiger partial charge in [0.2, 0.25) is 0 Å². The number of rotatable bonds is 3. The Balaban J connectivity index is 2.00. The van der Waals surface area contributed by atoms with Gasteiger partial charge in [-0.15, -0.1) is 0 Å². The van der Waals surface area contributed by atoms with Gasteiger partial charge >= 0.3 is 0 Å². The van der Waals surface area contributed by atoms with E-state index in [4.69, 9.17) is 0 Å². The highest BCUT2D eigenvalue weighted by Gasteiger charge is 2.35. The maximum Gasteiger partial charge on any atom is 0.256 e. The van der Waals surface area contributed by atoms with Gasteiger partial charge in [0.05, 0.1) is 17.1 Å². The first-order valence-electron chi connectivity index (χ1n) is 7.61. The zero-order chi connectivity index (χ0) is 16.8. The predicted octanol–water partition coefficient (Wildman–Crippen LogP) is 2.26. The van der Waals surface area contributed by atoms with Gasteiger partial charge in [0.15, 0.2) is 9.84 Å². The number of benzene rings is 1. The summed E-state index contributed by atoms with van der Waals surface area (Å²) in [5.74, 6) is -0.431. The molecular formula is C16H19FN2O3S. The lowest BCUT2D eigenvalue weighted by atomic mass is 10.1. The quantitative estimate of drug-likeness (QED) is 0.933. The number of aromatic nitrogens is 1. The Kier molecular flexibility index (Phi) is 3.91. The van der Waals surface area contributed by atoms with E-state index in [-0.39, 0.29) is 29.3 Å². The lowest BCUT2D eigenvalue weighted by Gasteiger charge is -2.27. The topological polar surface area (TPSA) is 70.2 Å². The first kappa shape index (κ1) is 16.0. The van der Waals surface area contributed by atoms with E-state index < -0.39 is 9.84 Å². The number of hydrogen-bond donors (Lipinski definition) is 1. The van der Waals surface area contributed by atoms with Crippen molar-refractivity contribution in [2.75, 3.05) is 18.1 Å². The number of nitrogens with zero attached hydrogens (tertiary/aromatic N) is 1. The Labute approximate surface area is 134 Å². The monoisotopic (exact) mass is 338 g/mol. The van der Waals surface area contributed by atoms with E-state index in [9.17, 15) is 17.6 Å². The van der Waals surface area contributed by atoms with Gasteiger partial charge in [-0.2, -0.15) is 0 Å². The van der Waals surface area contributed by atoms with E-state index in [0.717, 1.165) is 0 Å². The van der Waals surface area contributed by atoms with Crippen molar-refractivity contribution in [1.29, 1.82) is 0 Å². The summed E-state index contributed by atoms with van der Waals surface area (Å²) in [6.07, 6.45) is 0.470.